The topological polar surface area (TPSA) is 99.8 Å². The summed E-state index contributed by atoms with van der Waals surface area (Å²) in [6, 6.07) is 0. The molecule has 2 amide bonds. The summed E-state index contributed by atoms with van der Waals surface area (Å²) < 4.78 is 36.7. The van der Waals surface area contributed by atoms with Crippen LogP contribution < -0.4 is 10.6 Å². The van der Waals surface area contributed by atoms with Crippen molar-refractivity contribution in [1.29, 1.82) is 0 Å². The zero-order chi connectivity index (χ0) is 15.6. The van der Waals surface area contributed by atoms with Crippen molar-refractivity contribution >= 4 is 17.8 Å². The number of rotatable bonds is 3. The lowest BCUT2D eigenvalue weighted by Crippen LogP contribution is -2.39. The second kappa shape index (κ2) is 5.47. The van der Waals surface area contributed by atoms with Crippen LogP contribution in [-0.4, -0.2) is 33.5 Å². The van der Waals surface area contributed by atoms with Crippen LogP contribution in [-0.2, 0) is 15.8 Å². The van der Waals surface area contributed by atoms with E-state index in [-0.39, 0.29) is 12.5 Å². The minimum atomic E-state index is -4.67. The summed E-state index contributed by atoms with van der Waals surface area (Å²) in [5.74, 6) is -2.91. The second-order valence-corrected chi connectivity index (χ2v) is 4.99. The minimum absolute atomic E-state index is 0.362. The van der Waals surface area contributed by atoms with Crippen molar-refractivity contribution in [2.75, 3.05) is 11.9 Å². The Labute approximate surface area is 112 Å². The fourth-order valence-corrected chi connectivity index (χ4v) is 1.04. The average Bonchev–Trinajstić information content (AvgIpc) is 2.72. The summed E-state index contributed by atoms with van der Waals surface area (Å²) in [6.07, 6.45) is -4.67. The number of anilines is 1. The Hall–Kier alpha value is -2.13. The fourth-order valence-electron chi connectivity index (χ4n) is 1.04. The number of H-pyrrole nitrogens is 1. The van der Waals surface area contributed by atoms with Gasteiger partial charge in [-0.15, -0.1) is 5.10 Å². The quantitative estimate of drug-likeness (QED) is 0.771. The zero-order valence-corrected chi connectivity index (χ0v) is 11.1. The highest BCUT2D eigenvalue weighted by molar-refractivity contribution is 5.93. The first-order valence-electron chi connectivity index (χ1n) is 5.58. The number of hydrogen-bond acceptors (Lipinski definition) is 4. The number of nitrogens with zero attached hydrogens (tertiary/aromatic N) is 2. The van der Waals surface area contributed by atoms with Gasteiger partial charge in [0.05, 0.1) is 6.54 Å². The van der Waals surface area contributed by atoms with Gasteiger partial charge >= 0.3 is 6.18 Å². The van der Waals surface area contributed by atoms with Gasteiger partial charge in [-0.2, -0.15) is 18.2 Å². The van der Waals surface area contributed by atoms with E-state index in [2.05, 4.69) is 15.4 Å². The molecule has 0 saturated heterocycles. The molecule has 0 aliphatic heterocycles. The molecule has 10 heteroatoms. The van der Waals surface area contributed by atoms with Crippen LogP contribution in [0.2, 0.25) is 0 Å². The van der Waals surface area contributed by atoms with E-state index in [4.69, 9.17) is 0 Å². The third-order valence-corrected chi connectivity index (χ3v) is 2.10. The number of alkyl halides is 3. The molecule has 3 N–H and O–H groups in total. The van der Waals surface area contributed by atoms with Gasteiger partial charge in [0.15, 0.2) is 0 Å². The van der Waals surface area contributed by atoms with E-state index in [1.54, 1.807) is 25.9 Å². The molecule has 0 aliphatic rings. The zero-order valence-electron chi connectivity index (χ0n) is 11.1. The molecule has 0 radical (unpaired) electrons. The lowest BCUT2D eigenvalue weighted by Gasteiger charge is -2.16. The number of halogens is 3. The van der Waals surface area contributed by atoms with E-state index in [1.165, 1.54) is 0 Å². The molecule has 0 unspecified atom stereocenters. The van der Waals surface area contributed by atoms with Crippen LogP contribution in [0.4, 0.5) is 19.1 Å². The Morgan fingerprint density at radius 2 is 1.85 bits per heavy atom. The Bertz CT molecular complexity index is 504. The number of nitrogens with one attached hydrogen (secondary N) is 3. The van der Waals surface area contributed by atoms with Gasteiger partial charge < -0.3 is 5.32 Å². The van der Waals surface area contributed by atoms with Crippen molar-refractivity contribution in [3.8, 4) is 0 Å². The molecule has 0 aromatic carbocycles. The van der Waals surface area contributed by atoms with Crippen molar-refractivity contribution < 1.29 is 22.8 Å². The lowest BCUT2D eigenvalue weighted by atomic mass is 9.96. The predicted octanol–water partition coefficient (Wildman–Crippen LogP) is 0.924. The molecule has 1 aromatic heterocycles. The van der Waals surface area contributed by atoms with Gasteiger partial charge in [0.1, 0.15) is 0 Å². The van der Waals surface area contributed by atoms with E-state index < -0.39 is 29.3 Å². The van der Waals surface area contributed by atoms with Crippen molar-refractivity contribution in [2.45, 2.75) is 26.9 Å². The molecule has 0 bridgehead atoms. The average molecular weight is 293 g/mol. The smallest absolute Gasteiger partial charge is 0.347 e. The van der Waals surface area contributed by atoms with Crippen LogP contribution in [0, 0.1) is 5.41 Å². The third-order valence-electron chi connectivity index (χ3n) is 2.10. The third kappa shape index (κ3) is 4.52. The van der Waals surface area contributed by atoms with Gasteiger partial charge in [-0.05, 0) is 0 Å². The first-order valence-corrected chi connectivity index (χ1v) is 5.58. The van der Waals surface area contributed by atoms with E-state index >= 15 is 0 Å². The standard InChI is InChI=1S/C10H14F3N5O2/c1-9(2,3)7(20)14-4-5(19)15-8-16-6(17-18-8)10(11,12)13/h4H2,1-3H3,(H,14,20)(H2,15,16,17,18,19). The Balaban J connectivity index is 2.51. The number of aromatic amines is 1. The first kappa shape index (κ1) is 15.9. The van der Waals surface area contributed by atoms with Crippen LogP contribution in [0.5, 0.6) is 0 Å². The van der Waals surface area contributed by atoms with Crippen molar-refractivity contribution in [3.63, 3.8) is 0 Å². The van der Waals surface area contributed by atoms with Crippen molar-refractivity contribution in [2.24, 2.45) is 5.41 Å². The van der Waals surface area contributed by atoms with E-state index in [0.29, 0.717) is 0 Å². The number of aromatic nitrogens is 3. The summed E-state index contributed by atoms with van der Waals surface area (Å²) in [5, 5.41) is 9.22. The molecule has 0 fully saturated rings. The number of carbonyl (C=O) groups excluding carboxylic acids is 2. The minimum Gasteiger partial charge on any atom is -0.347 e. The van der Waals surface area contributed by atoms with Crippen LogP contribution in [0.15, 0.2) is 0 Å². The van der Waals surface area contributed by atoms with Crippen LogP contribution in [0.1, 0.15) is 26.6 Å². The maximum absolute atomic E-state index is 12.2. The lowest BCUT2D eigenvalue weighted by molar-refractivity contribution is -0.144. The van der Waals surface area contributed by atoms with Crippen LogP contribution in [0.3, 0.4) is 0 Å². The molecule has 0 spiro atoms. The second-order valence-electron chi connectivity index (χ2n) is 4.99. The summed E-state index contributed by atoms with van der Waals surface area (Å²) >= 11 is 0. The summed E-state index contributed by atoms with van der Waals surface area (Å²) in [7, 11) is 0. The van der Waals surface area contributed by atoms with Gasteiger partial charge in [-0.1, -0.05) is 20.8 Å². The monoisotopic (exact) mass is 293 g/mol. The SMILES string of the molecule is CC(C)(C)C(=O)NCC(=O)Nc1n[nH]c(C(F)(F)F)n1. The largest absolute Gasteiger partial charge is 0.451 e. The summed E-state index contributed by atoms with van der Waals surface area (Å²) in [4.78, 5) is 25.9. The number of amides is 2. The van der Waals surface area contributed by atoms with Crippen LogP contribution in [0.25, 0.3) is 0 Å². The van der Waals surface area contributed by atoms with E-state index in [0.717, 1.165) is 0 Å². The Morgan fingerprint density at radius 1 is 1.25 bits per heavy atom. The normalized spacial score (nSPS) is 12.1. The molecule has 7 nitrogen and oxygen atoms in total. The summed E-state index contributed by atoms with van der Waals surface area (Å²) in [5.41, 5.74) is -0.672. The first-order chi connectivity index (χ1) is 9.00. The number of hydrogen-bond donors (Lipinski definition) is 3. The molecule has 1 aromatic rings. The van der Waals surface area contributed by atoms with Gasteiger partial charge in [0.25, 0.3) is 0 Å². The molecule has 0 atom stereocenters. The number of carbonyl (C=O) groups is 2. The van der Waals surface area contributed by atoms with Crippen molar-refractivity contribution in [1.82, 2.24) is 20.5 Å². The fraction of sp³-hybridized carbons (Fsp3) is 0.600. The van der Waals surface area contributed by atoms with E-state index in [9.17, 15) is 22.8 Å². The molecule has 0 aliphatic carbocycles. The van der Waals surface area contributed by atoms with E-state index in [1.807, 2.05) is 5.32 Å². The molecular formula is C10H14F3N5O2. The molecule has 1 rings (SSSR count). The van der Waals surface area contributed by atoms with Gasteiger partial charge in [-0.25, -0.2) is 0 Å². The van der Waals surface area contributed by atoms with Crippen molar-refractivity contribution in [3.05, 3.63) is 5.82 Å². The van der Waals surface area contributed by atoms with Gasteiger partial charge in [-0.3, -0.25) is 20.0 Å². The van der Waals surface area contributed by atoms with Gasteiger partial charge in [0, 0.05) is 5.41 Å². The molecule has 1 heterocycles. The molecule has 0 saturated carbocycles. The summed E-state index contributed by atoms with van der Waals surface area (Å²) in [6.45, 7) is 4.59. The highest BCUT2D eigenvalue weighted by atomic mass is 19.4. The highest BCUT2D eigenvalue weighted by Gasteiger charge is 2.35. The Kier molecular flexibility index (Phi) is 4.36. The van der Waals surface area contributed by atoms with Crippen LogP contribution >= 0.6 is 0 Å². The molecular weight excluding hydrogens is 279 g/mol. The molecule has 20 heavy (non-hydrogen) atoms. The maximum atomic E-state index is 12.2. The van der Waals surface area contributed by atoms with Gasteiger partial charge in [0.2, 0.25) is 23.6 Å². The Morgan fingerprint density at radius 3 is 2.30 bits per heavy atom. The maximum Gasteiger partial charge on any atom is 0.451 e. The molecule has 112 valence electrons. The highest BCUT2D eigenvalue weighted by Crippen LogP contribution is 2.26. The predicted molar refractivity (Wildman–Crippen MR) is 62.5 cm³/mol.